The van der Waals surface area contributed by atoms with Crippen molar-refractivity contribution in [1.82, 2.24) is 20.1 Å². The number of nitrogens with one attached hydrogen (secondary N) is 1. The molecule has 3 aromatic rings. The molecule has 2 aliphatic rings. The lowest BCUT2D eigenvalue weighted by Crippen LogP contribution is -2.48. The molecule has 8 heteroatoms. The van der Waals surface area contributed by atoms with Crippen molar-refractivity contribution in [2.75, 3.05) is 32.7 Å². The number of hydrogen-bond donors (Lipinski definition) is 3. The third kappa shape index (κ3) is 15.6. The van der Waals surface area contributed by atoms with E-state index in [0.29, 0.717) is 25.8 Å². The first kappa shape index (κ1) is 38.6. The number of rotatable bonds is 10. The van der Waals surface area contributed by atoms with Crippen LogP contribution < -0.4 is 11.1 Å². The Labute approximate surface area is 277 Å². The fourth-order valence-electron chi connectivity index (χ4n) is 5.47. The van der Waals surface area contributed by atoms with Crippen LogP contribution in [0.2, 0.25) is 0 Å². The van der Waals surface area contributed by atoms with E-state index in [1.165, 1.54) is 24.8 Å². The number of aliphatic hydroxyl groups excluding tert-OH is 1. The molecule has 2 amide bonds. The maximum atomic E-state index is 11.8. The van der Waals surface area contributed by atoms with E-state index in [9.17, 15) is 14.7 Å². The van der Waals surface area contributed by atoms with Crippen molar-refractivity contribution in [2.24, 2.45) is 11.7 Å². The third-order valence-electron chi connectivity index (χ3n) is 7.85. The number of pyridine rings is 1. The molecule has 8 nitrogen and oxygen atoms in total. The molecule has 0 spiro atoms. The zero-order valence-corrected chi connectivity index (χ0v) is 28.7. The standard InChI is InChI=1S/C22H30N4O2.C9H10.C5H11NO.C2H6/c23-22(28)20(13-18-5-2-1-3-6-18)14-21(27)17-26-11-9-25(10-12-26)16-19-7-4-8-24-15-19;1-2-5-9-7-3-6-8(9)4-1;1-5(2,3)6-4-7;1-2/h1-8,15,20-21,27H,9-14,16-17H2,(H2,23,28);1-2,4-5H,3,6-7H2;4H,1-3H3,(H,6,7);1-2H3/t20-,21+;;;/m1.../s1. The average Bonchev–Trinajstić information content (AvgIpc) is 3.53. The van der Waals surface area contributed by atoms with Gasteiger partial charge in [-0.1, -0.05) is 74.5 Å². The molecule has 1 aliphatic carbocycles. The average molecular weight is 632 g/mol. The molecule has 0 radical (unpaired) electrons. The van der Waals surface area contributed by atoms with Gasteiger partial charge in [-0.15, -0.1) is 0 Å². The summed E-state index contributed by atoms with van der Waals surface area (Å²) in [5.41, 5.74) is 10.9. The smallest absolute Gasteiger partial charge is 0.220 e. The first-order chi connectivity index (χ1) is 22.1. The molecule has 4 N–H and O–H groups in total. The molecule has 2 atom stereocenters. The molecule has 0 saturated carbocycles. The Bertz CT molecular complexity index is 1220. The number of primary amides is 1. The van der Waals surface area contributed by atoms with Crippen molar-refractivity contribution in [3.05, 3.63) is 101 Å². The number of β-amino-alcohol motifs (C(OH)–C–C–N with tert-alkyl or cyclic N) is 1. The molecule has 0 unspecified atom stereocenters. The van der Waals surface area contributed by atoms with Crippen molar-refractivity contribution in [1.29, 1.82) is 0 Å². The van der Waals surface area contributed by atoms with Crippen molar-refractivity contribution < 1.29 is 14.7 Å². The molecule has 252 valence electrons. The second kappa shape index (κ2) is 21.3. The van der Waals surface area contributed by atoms with E-state index < -0.39 is 6.10 Å². The van der Waals surface area contributed by atoms with Gasteiger partial charge in [-0.2, -0.15) is 0 Å². The van der Waals surface area contributed by atoms with Crippen LogP contribution in [0.4, 0.5) is 0 Å². The Kier molecular flexibility index (Phi) is 17.8. The van der Waals surface area contributed by atoms with Crippen molar-refractivity contribution in [3.63, 3.8) is 0 Å². The number of aryl methyl sites for hydroxylation is 2. The first-order valence-electron chi connectivity index (χ1n) is 16.8. The molecular weight excluding hydrogens is 574 g/mol. The quantitative estimate of drug-likeness (QED) is 0.271. The van der Waals surface area contributed by atoms with Crippen LogP contribution in [-0.4, -0.2) is 76.6 Å². The largest absolute Gasteiger partial charge is 0.392 e. The Morgan fingerprint density at radius 1 is 0.913 bits per heavy atom. The van der Waals surface area contributed by atoms with Gasteiger partial charge < -0.3 is 16.2 Å². The van der Waals surface area contributed by atoms with Crippen molar-refractivity contribution in [3.8, 4) is 0 Å². The number of aliphatic hydroxyl groups is 1. The predicted octanol–water partition coefficient (Wildman–Crippen LogP) is 5.03. The zero-order valence-electron chi connectivity index (χ0n) is 28.7. The summed E-state index contributed by atoms with van der Waals surface area (Å²) >= 11 is 0. The SMILES string of the molecule is CC.CC(C)(C)NC=O.NC(=O)[C@H](Cc1ccccc1)C[C@H](O)CN1CCN(Cc2cccnc2)CC1.c1ccc2c(c1)CCC2. The monoisotopic (exact) mass is 631 g/mol. The molecule has 1 aliphatic heterocycles. The van der Waals surface area contributed by atoms with Gasteiger partial charge >= 0.3 is 0 Å². The van der Waals surface area contributed by atoms with Crippen LogP contribution in [0.15, 0.2) is 79.1 Å². The van der Waals surface area contributed by atoms with E-state index in [-0.39, 0.29) is 17.4 Å². The summed E-state index contributed by atoms with van der Waals surface area (Å²) in [6.45, 7) is 15.0. The van der Waals surface area contributed by atoms with E-state index in [2.05, 4.69) is 50.4 Å². The van der Waals surface area contributed by atoms with Crippen LogP contribution in [0, 0.1) is 5.92 Å². The second-order valence-corrected chi connectivity index (χ2v) is 12.8. The summed E-state index contributed by atoms with van der Waals surface area (Å²) in [6.07, 6.45) is 8.80. The van der Waals surface area contributed by atoms with Crippen LogP contribution in [-0.2, 0) is 35.4 Å². The maximum Gasteiger partial charge on any atom is 0.220 e. The lowest BCUT2D eigenvalue weighted by Gasteiger charge is -2.35. The highest BCUT2D eigenvalue weighted by Crippen LogP contribution is 2.20. The number of benzene rings is 2. The van der Waals surface area contributed by atoms with Crippen LogP contribution in [0.1, 0.15) is 69.7 Å². The number of aromatic nitrogens is 1. The highest BCUT2D eigenvalue weighted by molar-refractivity contribution is 5.77. The summed E-state index contributed by atoms with van der Waals surface area (Å²) in [4.78, 5) is 30.4. The molecular formula is C38H57N5O3. The zero-order chi connectivity index (χ0) is 33.8. The van der Waals surface area contributed by atoms with Gasteiger partial charge in [-0.3, -0.25) is 24.4 Å². The summed E-state index contributed by atoms with van der Waals surface area (Å²) < 4.78 is 0. The topological polar surface area (TPSA) is 112 Å². The number of nitrogens with zero attached hydrogens (tertiary/aromatic N) is 3. The van der Waals surface area contributed by atoms with Crippen molar-refractivity contribution in [2.45, 2.75) is 84.9 Å². The number of hydrogen-bond acceptors (Lipinski definition) is 6. The van der Waals surface area contributed by atoms with Crippen LogP contribution in [0.25, 0.3) is 0 Å². The molecule has 46 heavy (non-hydrogen) atoms. The molecule has 1 saturated heterocycles. The summed E-state index contributed by atoms with van der Waals surface area (Å²) in [6, 6.07) is 22.6. The van der Waals surface area contributed by atoms with E-state index in [0.717, 1.165) is 38.3 Å². The number of carbonyl (C=O) groups excluding carboxylic acids is 2. The minimum atomic E-state index is -0.550. The normalized spacial score (nSPS) is 15.7. The van der Waals surface area contributed by atoms with Crippen LogP contribution >= 0.6 is 0 Å². The number of nitrogens with two attached hydrogens (primary N) is 1. The first-order valence-corrected chi connectivity index (χ1v) is 16.8. The fraction of sp³-hybridized carbons (Fsp3) is 0.500. The highest BCUT2D eigenvalue weighted by atomic mass is 16.3. The third-order valence-corrected chi connectivity index (χ3v) is 7.85. The Hall–Kier alpha value is -3.59. The number of carbonyl (C=O) groups is 2. The Balaban J connectivity index is 0.000000331. The number of amides is 2. The lowest BCUT2D eigenvalue weighted by molar-refractivity contribution is -0.123. The Morgan fingerprint density at radius 2 is 1.48 bits per heavy atom. The van der Waals surface area contributed by atoms with Gasteiger partial charge in [-0.25, -0.2) is 0 Å². The van der Waals surface area contributed by atoms with E-state index in [1.54, 1.807) is 17.3 Å². The summed E-state index contributed by atoms with van der Waals surface area (Å²) in [7, 11) is 0. The molecule has 1 fully saturated rings. The predicted molar refractivity (Wildman–Crippen MR) is 188 cm³/mol. The van der Waals surface area contributed by atoms with Gasteiger partial charge in [0.2, 0.25) is 12.3 Å². The summed E-state index contributed by atoms with van der Waals surface area (Å²) in [5.74, 6) is -0.687. The second-order valence-electron chi connectivity index (χ2n) is 12.8. The van der Waals surface area contributed by atoms with E-state index in [1.807, 2.05) is 77.2 Å². The van der Waals surface area contributed by atoms with Crippen molar-refractivity contribution >= 4 is 12.3 Å². The van der Waals surface area contributed by atoms with Gasteiger partial charge in [-0.05, 0) is 81.2 Å². The van der Waals surface area contributed by atoms with Gasteiger partial charge in [0.05, 0.1) is 6.10 Å². The maximum absolute atomic E-state index is 11.8. The highest BCUT2D eigenvalue weighted by Gasteiger charge is 2.24. The molecule has 2 heterocycles. The summed E-state index contributed by atoms with van der Waals surface area (Å²) in [5, 5.41) is 13.1. The van der Waals surface area contributed by atoms with Crippen LogP contribution in [0.3, 0.4) is 0 Å². The van der Waals surface area contributed by atoms with Gasteiger partial charge in [0.25, 0.3) is 0 Å². The number of piperazine rings is 1. The molecule has 0 bridgehead atoms. The van der Waals surface area contributed by atoms with Gasteiger partial charge in [0.1, 0.15) is 0 Å². The van der Waals surface area contributed by atoms with Crippen LogP contribution in [0.5, 0.6) is 0 Å². The minimum Gasteiger partial charge on any atom is -0.392 e. The number of fused-ring (bicyclic) bond motifs is 1. The molecule has 5 rings (SSSR count). The van der Waals surface area contributed by atoms with E-state index in [4.69, 9.17) is 5.73 Å². The molecule has 2 aromatic carbocycles. The fourth-order valence-corrected chi connectivity index (χ4v) is 5.47. The lowest BCUT2D eigenvalue weighted by atomic mass is 9.93. The molecule has 1 aromatic heterocycles. The van der Waals surface area contributed by atoms with E-state index >= 15 is 0 Å². The van der Waals surface area contributed by atoms with Gasteiger partial charge in [0, 0.05) is 63.1 Å². The Morgan fingerprint density at radius 3 is 1.98 bits per heavy atom. The van der Waals surface area contributed by atoms with Gasteiger partial charge in [0.15, 0.2) is 0 Å². The minimum absolute atomic E-state index is 0.0677.